The van der Waals surface area contributed by atoms with Crippen LogP contribution in [0.5, 0.6) is 0 Å². The molecule has 1 aromatic carbocycles. The van der Waals surface area contributed by atoms with Crippen molar-refractivity contribution in [3.8, 4) is 0 Å². The molecule has 0 amide bonds. The second kappa shape index (κ2) is 6.80. The number of benzene rings is 1. The lowest BCUT2D eigenvalue weighted by Gasteiger charge is -2.12. The zero-order valence-corrected chi connectivity index (χ0v) is 13.8. The highest BCUT2D eigenvalue weighted by molar-refractivity contribution is 7.13. The van der Waals surface area contributed by atoms with E-state index in [2.05, 4.69) is 4.98 Å². The van der Waals surface area contributed by atoms with Crippen molar-refractivity contribution in [1.82, 2.24) is 4.98 Å². The molecule has 0 fully saturated rings. The Morgan fingerprint density at radius 1 is 1.07 bits per heavy atom. The van der Waals surface area contributed by atoms with Gasteiger partial charge >= 0.3 is 23.7 Å². The summed E-state index contributed by atoms with van der Waals surface area (Å²) in [5.41, 5.74) is -7.32. The van der Waals surface area contributed by atoms with Gasteiger partial charge in [-0.05, 0) is 0 Å². The van der Waals surface area contributed by atoms with Gasteiger partial charge in [-0.3, -0.25) is 20.2 Å². The van der Waals surface area contributed by atoms with E-state index in [-0.39, 0.29) is 17.4 Å². The monoisotopic (exact) mass is 436 g/mol. The number of halogens is 7. The number of nitrogens with one attached hydrogen (secondary N) is 1. The van der Waals surface area contributed by atoms with Gasteiger partial charge in [0.1, 0.15) is 5.02 Å². The quantitative estimate of drug-likeness (QED) is 0.390. The predicted molar refractivity (Wildman–Crippen MR) is 80.2 cm³/mol. The number of rotatable bonds is 4. The fourth-order valence-corrected chi connectivity index (χ4v) is 2.89. The SMILES string of the molecule is O=[N+]([O-])c1cc(C(F)(F)F)c(Cl)c([N+](=O)[O-])c1Nc1nc(C(F)(F)F)cs1. The maximum Gasteiger partial charge on any atom is 0.434 e. The number of aromatic nitrogens is 1. The minimum atomic E-state index is -5.25. The van der Waals surface area contributed by atoms with E-state index in [0.29, 0.717) is 5.38 Å². The third kappa shape index (κ3) is 4.19. The number of hydrogen-bond acceptors (Lipinski definition) is 7. The van der Waals surface area contributed by atoms with Crippen molar-refractivity contribution >= 4 is 45.1 Å². The van der Waals surface area contributed by atoms with Gasteiger partial charge < -0.3 is 5.32 Å². The summed E-state index contributed by atoms with van der Waals surface area (Å²) >= 11 is 5.67. The molecule has 1 N–H and O–H groups in total. The molecular weight excluding hydrogens is 434 g/mol. The topological polar surface area (TPSA) is 111 Å². The van der Waals surface area contributed by atoms with Gasteiger partial charge in [0.15, 0.2) is 16.5 Å². The Morgan fingerprint density at radius 3 is 2.07 bits per heavy atom. The molecule has 0 radical (unpaired) electrons. The van der Waals surface area contributed by atoms with E-state index < -0.39 is 60.7 Å². The molecule has 0 aliphatic heterocycles. The average molecular weight is 437 g/mol. The predicted octanol–water partition coefficient (Wildman–Crippen LogP) is 5.39. The summed E-state index contributed by atoms with van der Waals surface area (Å²) in [5.74, 6) is 0. The van der Waals surface area contributed by atoms with Crippen LogP contribution < -0.4 is 5.32 Å². The van der Waals surface area contributed by atoms with Gasteiger partial charge in [0.05, 0.1) is 15.4 Å². The van der Waals surface area contributed by atoms with Gasteiger partial charge in [-0.1, -0.05) is 11.6 Å². The number of thiazole rings is 1. The molecule has 0 atom stereocenters. The van der Waals surface area contributed by atoms with Crippen molar-refractivity contribution in [3.63, 3.8) is 0 Å². The molecule has 0 saturated carbocycles. The number of nitrogens with zero attached hydrogens (tertiary/aromatic N) is 3. The van der Waals surface area contributed by atoms with Crippen molar-refractivity contribution in [3.05, 3.63) is 48.0 Å². The number of nitro groups is 2. The summed E-state index contributed by atoms with van der Waals surface area (Å²) in [7, 11) is 0. The first kappa shape index (κ1) is 20.6. The van der Waals surface area contributed by atoms with Gasteiger partial charge in [-0.2, -0.15) is 26.3 Å². The van der Waals surface area contributed by atoms with E-state index in [4.69, 9.17) is 11.6 Å². The molecular formula is C11H3ClF6N4O4S. The molecule has 1 aromatic heterocycles. The summed E-state index contributed by atoms with van der Waals surface area (Å²) in [6.07, 6.45) is -10.1. The fourth-order valence-electron chi connectivity index (χ4n) is 1.84. The van der Waals surface area contributed by atoms with E-state index in [0.717, 1.165) is 0 Å². The lowest BCUT2D eigenvalue weighted by molar-refractivity contribution is -0.392. The van der Waals surface area contributed by atoms with Crippen LogP contribution in [-0.2, 0) is 12.4 Å². The van der Waals surface area contributed by atoms with Gasteiger partial charge in [0.25, 0.3) is 0 Å². The van der Waals surface area contributed by atoms with E-state index in [9.17, 15) is 46.6 Å². The minimum Gasteiger partial charge on any atom is -0.320 e. The second-order valence-electron chi connectivity index (χ2n) is 4.65. The molecule has 0 bridgehead atoms. The van der Waals surface area contributed by atoms with E-state index in [1.165, 1.54) is 0 Å². The Bertz CT molecular complexity index is 929. The molecule has 0 spiro atoms. The molecule has 0 unspecified atom stereocenters. The molecule has 2 aromatic rings. The molecule has 1 heterocycles. The van der Waals surface area contributed by atoms with Crippen LogP contribution in [0.25, 0.3) is 0 Å². The molecule has 0 aliphatic rings. The van der Waals surface area contributed by atoms with Gasteiger partial charge in [-0.25, -0.2) is 4.98 Å². The maximum absolute atomic E-state index is 12.9. The molecule has 8 nitrogen and oxygen atoms in total. The van der Waals surface area contributed by atoms with Crippen molar-refractivity contribution in [2.24, 2.45) is 0 Å². The van der Waals surface area contributed by atoms with Crippen molar-refractivity contribution in [1.29, 1.82) is 0 Å². The number of anilines is 2. The van der Waals surface area contributed by atoms with Crippen LogP contribution in [0.15, 0.2) is 11.4 Å². The van der Waals surface area contributed by atoms with Gasteiger partial charge in [0, 0.05) is 11.4 Å². The lowest BCUT2D eigenvalue weighted by Crippen LogP contribution is -2.11. The highest BCUT2D eigenvalue weighted by Gasteiger charge is 2.42. The second-order valence-corrected chi connectivity index (χ2v) is 5.89. The molecule has 2 rings (SSSR count). The smallest absolute Gasteiger partial charge is 0.320 e. The minimum absolute atomic E-state index is 0.0596. The van der Waals surface area contributed by atoms with Crippen LogP contribution in [0.1, 0.15) is 11.3 Å². The normalized spacial score (nSPS) is 12.1. The van der Waals surface area contributed by atoms with E-state index in [1.807, 2.05) is 5.32 Å². The first-order valence-electron chi connectivity index (χ1n) is 6.25. The van der Waals surface area contributed by atoms with Crippen molar-refractivity contribution in [2.75, 3.05) is 5.32 Å². The summed E-state index contributed by atoms with van der Waals surface area (Å²) < 4.78 is 76.5. The standard InChI is InChI=1S/C11H3ClF6N4O4S/c12-6-3(10(13,14)15)1-4(21(23)24)7(8(6)22(25)26)20-9-19-5(2-27-9)11(16,17)18/h1-2H,(H,19,20). The third-order valence-electron chi connectivity index (χ3n) is 2.93. The third-order valence-corrected chi connectivity index (χ3v) is 4.07. The van der Waals surface area contributed by atoms with Crippen LogP contribution in [0, 0.1) is 20.2 Å². The molecule has 16 heteroatoms. The summed E-state index contributed by atoms with van der Waals surface area (Å²) in [6.45, 7) is 0. The zero-order chi connectivity index (χ0) is 20.7. The lowest BCUT2D eigenvalue weighted by atomic mass is 10.1. The van der Waals surface area contributed by atoms with Crippen LogP contribution in [0.4, 0.5) is 48.5 Å². The molecule has 0 saturated heterocycles. The first-order valence-corrected chi connectivity index (χ1v) is 7.51. The number of hydrogen-bond donors (Lipinski definition) is 1. The highest BCUT2D eigenvalue weighted by Crippen LogP contribution is 2.48. The Morgan fingerprint density at radius 2 is 1.67 bits per heavy atom. The van der Waals surface area contributed by atoms with Crippen LogP contribution in [-0.4, -0.2) is 14.8 Å². The summed E-state index contributed by atoms with van der Waals surface area (Å²) in [5, 5.41) is 22.5. The first-order chi connectivity index (χ1) is 12.2. The fraction of sp³-hybridized carbons (Fsp3) is 0.182. The number of nitro benzene ring substituents is 2. The average Bonchev–Trinajstić information content (AvgIpc) is 2.93. The Hall–Kier alpha value is -2.68. The van der Waals surface area contributed by atoms with Crippen molar-refractivity contribution in [2.45, 2.75) is 12.4 Å². The van der Waals surface area contributed by atoms with Crippen LogP contribution >= 0.6 is 22.9 Å². The van der Waals surface area contributed by atoms with Gasteiger partial charge in [-0.15, -0.1) is 11.3 Å². The highest BCUT2D eigenvalue weighted by atomic mass is 35.5. The Balaban J connectivity index is 2.71. The molecule has 0 aliphatic carbocycles. The van der Waals surface area contributed by atoms with E-state index in [1.54, 1.807) is 0 Å². The zero-order valence-electron chi connectivity index (χ0n) is 12.2. The van der Waals surface area contributed by atoms with Crippen LogP contribution in [0.2, 0.25) is 5.02 Å². The van der Waals surface area contributed by atoms with Crippen molar-refractivity contribution < 1.29 is 36.2 Å². The largest absolute Gasteiger partial charge is 0.434 e. The van der Waals surface area contributed by atoms with Crippen LogP contribution in [0.3, 0.4) is 0 Å². The number of alkyl halides is 6. The summed E-state index contributed by atoms with van der Waals surface area (Å²) in [6, 6.07) is -0.0596. The van der Waals surface area contributed by atoms with E-state index >= 15 is 0 Å². The molecule has 146 valence electrons. The van der Waals surface area contributed by atoms with Gasteiger partial charge in [0.2, 0.25) is 0 Å². The Labute approximate surface area is 152 Å². The molecule has 27 heavy (non-hydrogen) atoms. The summed E-state index contributed by atoms with van der Waals surface area (Å²) in [4.78, 5) is 22.5. The maximum atomic E-state index is 12.9. The Kier molecular flexibility index (Phi) is 5.20.